The van der Waals surface area contributed by atoms with Crippen LogP contribution in [0.4, 0.5) is 17.6 Å². The Hall–Kier alpha value is -3.31. The van der Waals surface area contributed by atoms with Crippen LogP contribution in [0.25, 0.3) is 11.1 Å². The zero-order chi connectivity index (χ0) is 26.1. The molecule has 2 aromatic carbocycles. The molecule has 3 aromatic rings. The number of hydrogen-bond acceptors (Lipinski definition) is 4. The molecule has 0 spiro atoms. The van der Waals surface area contributed by atoms with E-state index in [1.807, 2.05) is 0 Å². The molecule has 4 rings (SSSR count). The predicted molar refractivity (Wildman–Crippen MR) is 124 cm³/mol. The minimum Gasteiger partial charge on any atom is -0.349 e. The van der Waals surface area contributed by atoms with E-state index in [0.717, 1.165) is 40.7 Å². The molecule has 1 saturated carbocycles. The van der Waals surface area contributed by atoms with Crippen LogP contribution in [0.2, 0.25) is 0 Å². The lowest BCUT2D eigenvalue weighted by atomic mass is 10.0. The highest BCUT2D eigenvalue weighted by molar-refractivity contribution is 7.89. The second-order valence-electron chi connectivity index (χ2n) is 8.45. The van der Waals surface area contributed by atoms with Crippen LogP contribution < -0.4 is 5.32 Å². The van der Waals surface area contributed by atoms with Gasteiger partial charge in [0.15, 0.2) is 0 Å². The SMILES string of the molecule is CCN(C1(C(=O)NCc2cc(-c3ccc(C(F)(F)F)cc3)ccn2)CC1)S(=O)(=O)c1ccc(F)cc1. The molecule has 6 nitrogen and oxygen atoms in total. The number of amides is 1. The Morgan fingerprint density at radius 1 is 1.03 bits per heavy atom. The van der Waals surface area contributed by atoms with E-state index in [4.69, 9.17) is 0 Å². The number of hydrogen-bond donors (Lipinski definition) is 1. The molecule has 0 unspecified atom stereocenters. The first-order valence-electron chi connectivity index (χ1n) is 11.2. The van der Waals surface area contributed by atoms with Gasteiger partial charge in [0, 0.05) is 12.7 Å². The lowest BCUT2D eigenvalue weighted by Crippen LogP contribution is -2.51. The number of carbonyl (C=O) groups is 1. The normalized spacial score (nSPS) is 15.1. The molecule has 0 bridgehead atoms. The Kier molecular flexibility index (Phi) is 6.89. The molecule has 0 radical (unpaired) electrons. The van der Waals surface area contributed by atoms with Gasteiger partial charge in [0.1, 0.15) is 11.4 Å². The van der Waals surface area contributed by atoms with Crippen molar-refractivity contribution in [3.8, 4) is 11.1 Å². The number of likely N-dealkylation sites (N-methyl/N-ethyl adjacent to an activating group) is 1. The third-order valence-electron chi connectivity index (χ3n) is 6.10. The van der Waals surface area contributed by atoms with Gasteiger partial charge in [0.05, 0.1) is 22.7 Å². The molecule has 1 aromatic heterocycles. The first-order valence-corrected chi connectivity index (χ1v) is 12.6. The average molecular weight is 522 g/mol. The van der Waals surface area contributed by atoms with Gasteiger partial charge in [-0.2, -0.15) is 17.5 Å². The molecular formula is C25H23F4N3O3S. The molecule has 1 heterocycles. The van der Waals surface area contributed by atoms with Gasteiger partial charge in [-0.3, -0.25) is 9.78 Å². The third kappa shape index (κ3) is 5.12. The summed E-state index contributed by atoms with van der Waals surface area (Å²) in [5.41, 5.74) is -0.357. The minimum atomic E-state index is -4.43. The van der Waals surface area contributed by atoms with Gasteiger partial charge >= 0.3 is 6.18 Å². The lowest BCUT2D eigenvalue weighted by molar-refractivity contribution is -0.137. The fourth-order valence-corrected chi connectivity index (χ4v) is 5.89. The number of halogens is 4. The van der Waals surface area contributed by atoms with Crippen molar-refractivity contribution in [1.29, 1.82) is 0 Å². The van der Waals surface area contributed by atoms with E-state index < -0.39 is 39.0 Å². The molecule has 0 atom stereocenters. The number of carbonyl (C=O) groups excluding carboxylic acids is 1. The maximum atomic E-state index is 13.3. The maximum Gasteiger partial charge on any atom is 0.416 e. The van der Waals surface area contributed by atoms with Crippen LogP contribution in [-0.4, -0.2) is 35.7 Å². The smallest absolute Gasteiger partial charge is 0.349 e. The molecule has 11 heteroatoms. The van der Waals surface area contributed by atoms with Crippen molar-refractivity contribution in [3.63, 3.8) is 0 Å². The minimum absolute atomic E-state index is 0.00318. The van der Waals surface area contributed by atoms with Gasteiger partial charge in [-0.05, 0) is 72.5 Å². The number of sulfonamides is 1. The molecule has 1 fully saturated rings. The van der Waals surface area contributed by atoms with Crippen molar-refractivity contribution >= 4 is 15.9 Å². The highest BCUT2D eigenvalue weighted by Gasteiger charge is 2.58. The first-order chi connectivity index (χ1) is 17.0. The summed E-state index contributed by atoms with van der Waals surface area (Å²) in [6.45, 7) is 1.68. The molecule has 0 aliphatic heterocycles. The van der Waals surface area contributed by atoms with Gasteiger partial charge in [-0.1, -0.05) is 19.1 Å². The molecule has 1 N–H and O–H groups in total. The number of pyridine rings is 1. The van der Waals surface area contributed by atoms with Crippen molar-refractivity contribution < 1.29 is 30.8 Å². The van der Waals surface area contributed by atoms with Crippen LogP contribution >= 0.6 is 0 Å². The molecular weight excluding hydrogens is 498 g/mol. The second-order valence-corrected chi connectivity index (χ2v) is 10.3. The lowest BCUT2D eigenvalue weighted by Gasteiger charge is -2.29. The summed E-state index contributed by atoms with van der Waals surface area (Å²) in [5.74, 6) is -1.04. The Morgan fingerprint density at radius 2 is 1.67 bits per heavy atom. The summed E-state index contributed by atoms with van der Waals surface area (Å²) in [5, 5.41) is 2.74. The summed E-state index contributed by atoms with van der Waals surface area (Å²) >= 11 is 0. The van der Waals surface area contributed by atoms with Crippen molar-refractivity contribution in [2.75, 3.05) is 6.54 Å². The van der Waals surface area contributed by atoms with E-state index >= 15 is 0 Å². The zero-order valence-corrected chi connectivity index (χ0v) is 20.0. The van der Waals surface area contributed by atoms with E-state index in [1.165, 1.54) is 18.3 Å². The summed E-state index contributed by atoms with van der Waals surface area (Å²) in [6, 6.07) is 12.4. The van der Waals surface area contributed by atoms with Crippen LogP contribution in [0.3, 0.4) is 0 Å². The standard InChI is InChI=1S/C25H23F4N3O3S/c1-2-32(36(34,35)22-9-7-20(26)8-10-22)24(12-13-24)23(33)31-16-21-15-18(11-14-30-21)17-3-5-19(6-4-17)25(27,28)29/h3-11,14-15H,2,12-13,16H2,1H3,(H,31,33). The van der Waals surface area contributed by atoms with Crippen LogP contribution in [-0.2, 0) is 27.5 Å². The van der Waals surface area contributed by atoms with Crippen molar-refractivity contribution in [2.24, 2.45) is 0 Å². The summed E-state index contributed by atoms with van der Waals surface area (Å²) in [7, 11) is -4.04. The number of nitrogens with one attached hydrogen (secondary N) is 1. The van der Waals surface area contributed by atoms with Gasteiger partial charge in [0.2, 0.25) is 15.9 Å². The molecule has 1 aliphatic rings. The fourth-order valence-electron chi connectivity index (χ4n) is 4.09. The highest BCUT2D eigenvalue weighted by Crippen LogP contribution is 2.45. The van der Waals surface area contributed by atoms with Crippen molar-refractivity contribution in [2.45, 2.75) is 42.9 Å². The largest absolute Gasteiger partial charge is 0.416 e. The molecule has 0 saturated heterocycles. The van der Waals surface area contributed by atoms with Crippen LogP contribution in [0.5, 0.6) is 0 Å². The first kappa shape index (κ1) is 25.8. The monoisotopic (exact) mass is 521 g/mol. The van der Waals surface area contributed by atoms with Crippen LogP contribution in [0.15, 0.2) is 71.8 Å². The molecule has 1 amide bonds. The molecule has 1 aliphatic carbocycles. The fraction of sp³-hybridized carbons (Fsp3) is 0.280. The third-order valence-corrected chi connectivity index (χ3v) is 8.16. The van der Waals surface area contributed by atoms with E-state index in [2.05, 4.69) is 10.3 Å². The van der Waals surface area contributed by atoms with E-state index in [1.54, 1.807) is 19.1 Å². The van der Waals surface area contributed by atoms with Crippen molar-refractivity contribution in [1.82, 2.24) is 14.6 Å². The summed E-state index contributed by atoms with van der Waals surface area (Å²) < 4.78 is 79.2. The summed E-state index contributed by atoms with van der Waals surface area (Å²) in [6.07, 6.45) is -2.27. The number of aromatic nitrogens is 1. The predicted octanol–water partition coefficient (Wildman–Crippen LogP) is 4.77. The van der Waals surface area contributed by atoms with E-state index in [0.29, 0.717) is 29.7 Å². The van der Waals surface area contributed by atoms with Gasteiger partial charge in [-0.15, -0.1) is 0 Å². The van der Waals surface area contributed by atoms with Crippen molar-refractivity contribution in [3.05, 3.63) is 83.9 Å². The Balaban J connectivity index is 1.48. The van der Waals surface area contributed by atoms with Gasteiger partial charge in [0.25, 0.3) is 0 Å². The zero-order valence-electron chi connectivity index (χ0n) is 19.2. The second kappa shape index (κ2) is 9.62. The van der Waals surface area contributed by atoms with Gasteiger partial charge in [-0.25, -0.2) is 12.8 Å². The maximum absolute atomic E-state index is 13.3. The average Bonchev–Trinajstić information content (AvgIpc) is 3.64. The quantitative estimate of drug-likeness (QED) is 0.434. The molecule has 36 heavy (non-hydrogen) atoms. The topological polar surface area (TPSA) is 79.4 Å². The number of alkyl halides is 3. The highest BCUT2D eigenvalue weighted by atomic mass is 32.2. The number of nitrogens with zero attached hydrogens (tertiary/aromatic N) is 2. The number of rotatable bonds is 8. The van der Waals surface area contributed by atoms with E-state index in [-0.39, 0.29) is 18.0 Å². The Labute approximate surface area is 206 Å². The Morgan fingerprint density at radius 3 is 2.22 bits per heavy atom. The number of benzene rings is 2. The van der Waals surface area contributed by atoms with Crippen LogP contribution in [0, 0.1) is 5.82 Å². The van der Waals surface area contributed by atoms with Crippen LogP contribution in [0.1, 0.15) is 31.0 Å². The molecule has 190 valence electrons. The summed E-state index contributed by atoms with van der Waals surface area (Å²) in [4.78, 5) is 17.2. The van der Waals surface area contributed by atoms with E-state index in [9.17, 15) is 30.8 Å². The van der Waals surface area contributed by atoms with Gasteiger partial charge < -0.3 is 5.32 Å². The Bertz CT molecular complexity index is 1350.